The van der Waals surface area contributed by atoms with Gasteiger partial charge in [0.1, 0.15) is 6.61 Å². The quantitative estimate of drug-likeness (QED) is 0.399. The molecule has 0 radical (unpaired) electrons. The summed E-state index contributed by atoms with van der Waals surface area (Å²) in [5.41, 5.74) is 0.702. The molecule has 10 nitrogen and oxygen atoms in total. The largest absolute Gasteiger partial charge is 0.493 e. The Morgan fingerprint density at radius 2 is 1.59 bits per heavy atom. The summed E-state index contributed by atoms with van der Waals surface area (Å²) in [5.74, 6) is -1.72. The first-order valence-electron chi connectivity index (χ1n) is 10.2. The first-order valence-corrected chi connectivity index (χ1v) is 10.2. The number of carbonyl (C=O) groups is 4. The van der Waals surface area contributed by atoms with Gasteiger partial charge in [-0.1, -0.05) is 12.1 Å². The van der Waals surface area contributed by atoms with E-state index in [1.165, 1.54) is 38.7 Å². The molecule has 0 spiro atoms. The SMILES string of the molecule is COc1cc(NC(=O)c2ccco2)c(C(=O)OCCN2C(=O)c3ccccc3C2=O)cc1OC. The van der Waals surface area contributed by atoms with E-state index in [0.717, 1.165) is 4.90 Å². The Morgan fingerprint density at radius 3 is 2.18 bits per heavy atom. The number of fused-ring (bicyclic) bond motifs is 1. The van der Waals surface area contributed by atoms with Gasteiger partial charge in [-0.05, 0) is 24.3 Å². The van der Waals surface area contributed by atoms with Gasteiger partial charge in [-0.15, -0.1) is 0 Å². The lowest BCUT2D eigenvalue weighted by Crippen LogP contribution is -2.33. The number of esters is 1. The molecule has 1 aliphatic heterocycles. The maximum atomic E-state index is 12.9. The molecule has 3 aromatic rings. The predicted octanol–water partition coefficient (Wildman–Crippen LogP) is 3.00. The summed E-state index contributed by atoms with van der Waals surface area (Å²) in [6, 6.07) is 12.3. The molecule has 2 heterocycles. The first kappa shape index (κ1) is 22.6. The second-order valence-electron chi connectivity index (χ2n) is 7.13. The highest BCUT2D eigenvalue weighted by atomic mass is 16.5. The Labute approximate surface area is 194 Å². The van der Waals surface area contributed by atoms with Gasteiger partial charge in [0.2, 0.25) is 0 Å². The first-order chi connectivity index (χ1) is 16.4. The zero-order valence-electron chi connectivity index (χ0n) is 18.3. The maximum Gasteiger partial charge on any atom is 0.340 e. The van der Waals surface area contributed by atoms with E-state index in [1.807, 2.05) is 0 Å². The van der Waals surface area contributed by atoms with Gasteiger partial charge in [0.15, 0.2) is 17.3 Å². The Kier molecular flexibility index (Phi) is 6.30. The molecule has 4 rings (SSSR count). The zero-order valence-corrected chi connectivity index (χ0v) is 18.3. The predicted molar refractivity (Wildman–Crippen MR) is 118 cm³/mol. The van der Waals surface area contributed by atoms with Crippen LogP contribution in [0.4, 0.5) is 5.69 Å². The molecule has 0 unspecified atom stereocenters. The average Bonchev–Trinajstić information content (AvgIpc) is 3.47. The number of ether oxygens (including phenoxy) is 3. The Balaban J connectivity index is 1.50. The van der Waals surface area contributed by atoms with Crippen molar-refractivity contribution in [1.82, 2.24) is 4.90 Å². The van der Waals surface area contributed by atoms with Crippen molar-refractivity contribution >= 4 is 29.4 Å². The summed E-state index contributed by atoms with van der Waals surface area (Å²) in [7, 11) is 2.81. The smallest absolute Gasteiger partial charge is 0.340 e. The lowest BCUT2D eigenvalue weighted by atomic mass is 10.1. The van der Waals surface area contributed by atoms with Crippen molar-refractivity contribution in [1.29, 1.82) is 0 Å². The molecule has 2 aromatic carbocycles. The van der Waals surface area contributed by atoms with Crippen LogP contribution in [-0.2, 0) is 4.74 Å². The van der Waals surface area contributed by atoms with Crippen molar-refractivity contribution in [2.45, 2.75) is 0 Å². The van der Waals surface area contributed by atoms with Crippen molar-refractivity contribution < 1.29 is 37.8 Å². The van der Waals surface area contributed by atoms with Gasteiger partial charge in [0.25, 0.3) is 17.7 Å². The van der Waals surface area contributed by atoms with Crippen molar-refractivity contribution in [2.75, 3.05) is 32.7 Å². The highest BCUT2D eigenvalue weighted by molar-refractivity contribution is 6.21. The molecule has 0 fully saturated rings. The monoisotopic (exact) mass is 464 g/mol. The van der Waals surface area contributed by atoms with Crippen LogP contribution in [0, 0.1) is 0 Å². The molecular weight excluding hydrogens is 444 g/mol. The van der Waals surface area contributed by atoms with Gasteiger partial charge < -0.3 is 23.9 Å². The van der Waals surface area contributed by atoms with Gasteiger partial charge >= 0.3 is 5.97 Å². The lowest BCUT2D eigenvalue weighted by Gasteiger charge is -2.16. The third kappa shape index (κ3) is 4.20. The van der Waals surface area contributed by atoms with Crippen molar-refractivity contribution in [2.24, 2.45) is 0 Å². The number of methoxy groups -OCH3 is 2. The molecule has 10 heteroatoms. The summed E-state index contributed by atoms with van der Waals surface area (Å²) >= 11 is 0. The number of amides is 3. The topological polar surface area (TPSA) is 124 Å². The number of hydrogen-bond donors (Lipinski definition) is 1. The number of imide groups is 1. The fourth-order valence-corrected chi connectivity index (χ4v) is 3.49. The van der Waals surface area contributed by atoms with E-state index in [1.54, 1.807) is 30.3 Å². The Hall–Kier alpha value is -4.60. The van der Waals surface area contributed by atoms with Gasteiger partial charge in [-0.3, -0.25) is 19.3 Å². The van der Waals surface area contributed by atoms with E-state index in [9.17, 15) is 19.2 Å². The molecule has 34 heavy (non-hydrogen) atoms. The van der Waals surface area contributed by atoms with Crippen molar-refractivity contribution in [3.05, 3.63) is 77.2 Å². The number of furan rings is 1. The standard InChI is InChI=1S/C24H20N2O8/c1-31-19-12-16(17(13-20(19)32-2)25-21(27)18-8-5-10-33-18)24(30)34-11-9-26-22(28)14-6-3-4-7-15(14)23(26)29/h3-8,10,12-13H,9,11H2,1-2H3,(H,25,27). The minimum Gasteiger partial charge on any atom is -0.493 e. The number of nitrogens with one attached hydrogen (secondary N) is 1. The molecule has 1 N–H and O–H groups in total. The van der Waals surface area contributed by atoms with Gasteiger partial charge in [-0.25, -0.2) is 4.79 Å². The van der Waals surface area contributed by atoms with Crippen LogP contribution < -0.4 is 14.8 Å². The fourth-order valence-electron chi connectivity index (χ4n) is 3.49. The molecule has 1 aromatic heterocycles. The zero-order chi connectivity index (χ0) is 24.2. The van der Waals surface area contributed by atoms with Gasteiger partial charge in [0.05, 0.1) is 49.4 Å². The average molecular weight is 464 g/mol. The normalized spacial score (nSPS) is 12.4. The van der Waals surface area contributed by atoms with E-state index in [-0.39, 0.29) is 41.7 Å². The molecule has 174 valence electrons. The van der Waals surface area contributed by atoms with Crippen LogP contribution in [0.15, 0.2) is 59.2 Å². The molecule has 0 atom stereocenters. The van der Waals surface area contributed by atoms with E-state index in [4.69, 9.17) is 18.6 Å². The van der Waals surface area contributed by atoms with E-state index < -0.39 is 23.7 Å². The van der Waals surface area contributed by atoms with E-state index in [0.29, 0.717) is 11.1 Å². The van der Waals surface area contributed by atoms with Crippen LogP contribution in [0.1, 0.15) is 41.6 Å². The van der Waals surface area contributed by atoms with Crippen LogP contribution in [-0.4, -0.2) is 56.0 Å². The number of hydrogen-bond acceptors (Lipinski definition) is 8. The van der Waals surface area contributed by atoms with Crippen LogP contribution in [0.5, 0.6) is 11.5 Å². The fraction of sp³-hybridized carbons (Fsp3) is 0.167. The number of carbonyl (C=O) groups excluding carboxylic acids is 4. The highest BCUT2D eigenvalue weighted by Gasteiger charge is 2.35. The highest BCUT2D eigenvalue weighted by Crippen LogP contribution is 2.34. The maximum absolute atomic E-state index is 12.9. The summed E-state index contributed by atoms with van der Waals surface area (Å²) < 4.78 is 20.9. The number of benzene rings is 2. The Bertz CT molecular complexity index is 1230. The second-order valence-corrected chi connectivity index (χ2v) is 7.13. The third-order valence-electron chi connectivity index (χ3n) is 5.16. The summed E-state index contributed by atoms with van der Waals surface area (Å²) in [6.07, 6.45) is 1.35. The third-order valence-corrected chi connectivity index (χ3v) is 5.16. The molecule has 1 aliphatic rings. The number of rotatable bonds is 8. The van der Waals surface area contributed by atoms with Crippen LogP contribution in [0.2, 0.25) is 0 Å². The van der Waals surface area contributed by atoms with E-state index in [2.05, 4.69) is 5.32 Å². The van der Waals surface area contributed by atoms with Crippen LogP contribution in [0.3, 0.4) is 0 Å². The molecule has 0 aliphatic carbocycles. The lowest BCUT2D eigenvalue weighted by molar-refractivity contribution is 0.0421. The molecule has 3 amide bonds. The summed E-state index contributed by atoms with van der Waals surface area (Å²) in [4.78, 5) is 51.3. The van der Waals surface area contributed by atoms with Crippen molar-refractivity contribution in [3.63, 3.8) is 0 Å². The Morgan fingerprint density at radius 1 is 0.941 bits per heavy atom. The second kappa shape index (κ2) is 9.49. The van der Waals surface area contributed by atoms with Crippen LogP contribution in [0.25, 0.3) is 0 Å². The summed E-state index contributed by atoms with van der Waals surface area (Å²) in [5, 5.41) is 2.59. The molecule has 0 saturated heterocycles. The van der Waals surface area contributed by atoms with E-state index >= 15 is 0 Å². The molecule has 0 saturated carbocycles. The molecule has 0 bridgehead atoms. The minimum absolute atomic E-state index is 0.0140. The van der Waals surface area contributed by atoms with Gasteiger partial charge in [-0.2, -0.15) is 0 Å². The number of anilines is 1. The van der Waals surface area contributed by atoms with Crippen LogP contribution >= 0.6 is 0 Å². The minimum atomic E-state index is -0.799. The molecular formula is C24H20N2O8. The van der Waals surface area contributed by atoms with Gasteiger partial charge in [0, 0.05) is 12.1 Å². The number of nitrogens with zero attached hydrogens (tertiary/aromatic N) is 1. The van der Waals surface area contributed by atoms with Crippen molar-refractivity contribution in [3.8, 4) is 11.5 Å². The summed E-state index contributed by atoms with van der Waals surface area (Å²) in [6.45, 7) is -0.371.